The molecule has 0 saturated carbocycles. The topological polar surface area (TPSA) is 68.9 Å². The fourth-order valence-electron chi connectivity index (χ4n) is 3.37. The van der Waals surface area contributed by atoms with Crippen LogP contribution in [0, 0.1) is 0 Å². The van der Waals surface area contributed by atoms with Gasteiger partial charge in [-0.2, -0.15) is 5.10 Å². The van der Waals surface area contributed by atoms with E-state index in [0.717, 1.165) is 29.8 Å². The number of benzene rings is 1. The number of aromatic nitrogens is 3. The Bertz CT molecular complexity index is 988. The Morgan fingerprint density at radius 1 is 1.19 bits per heavy atom. The van der Waals surface area contributed by atoms with Gasteiger partial charge in [-0.1, -0.05) is 0 Å². The Morgan fingerprint density at radius 2 is 1.92 bits per heavy atom. The molecule has 0 fully saturated rings. The molecule has 1 unspecified atom stereocenters. The van der Waals surface area contributed by atoms with Crippen LogP contribution in [-0.4, -0.2) is 26.3 Å². The van der Waals surface area contributed by atoms with Gasteiger partial charge in [0.2, 0.25) is 0 Å². The second-order valence-electron chi connectivity index (χ2n) is 6.63. The van der Waals surface area contributed by atoms with Gasteiger partial charge in [0.05, 0.1) is 5.69 Å². The zero-order valence-corrected chi connectivity index (χ0v) is 14.6. The molecule has 1 aliphatic rings. The predicted molar refractivity (Wildman–Crippen MR) is 98.5 cm³/mol. The van der Waals surface area contributed by atoms with Crippen molar-refractivity contribution in [2.75, 3.05) is 0 Å². The molecule has 0 spiro atoms. The fourth-order valence-corrected chi connectivity index (χ4v) is 3.37. The molecule has 2 heterocycles. The minimum Gasteiger partial charge on any atom is -0.349 e. The van der Waals surface area contributed by atoms with Crippen LogP contribution in [0.3, 0.4) is 0 Å². The lowest BCUT2D eigenvalue weighted by atomic mass is 9.92. The summed E-state index contributed by atoms with van der Waals surface area (Å²) in [5, 5.41) is 7.39. The van der Waals surface area contributed by atoms with Crippen LogP contribution >= 0.6 is 0 Å². The molecule has 1 N–H and O–H groups in total. The highest BCUT2D eigenvalue weighted by molar-refractivity contribution is 5.94. The quantitative estimate of drug-likeness (QED) is 0.785. The monoisotopic (exact) mass is 348 g/mol. The Morgan fingerprint density at radius 3 is 2.65 bits per heavy atom. The largest absolute Gasteiger partial charge is 0.349 e. The van der Waals surface area contributed by atoms with Gasteiger partial charge < -0.3 is 9.88 Å². The van der Waals surface area contributed by atoms with E-state index in [4.69, 9.17) is 0 Å². The van der Waals surface area contributed by atoms with E-state index in [1.165, 1.54) is 4.68 Å². The van der Waals surface area contributed by atoms with Crippen molar-refractivity contribution in [3.05, 3.63) is 82.0 Å². The van der Waals surface area contributed by atoms with Gasteiger partial charge in [-0.3, -0.25) is 9.59 Å². The molecule has 0 bridgehead atoms. The summed E-state index contributed by atoms with van der Waals surface area (Å²) in [6, 6.07) is 13.1. The van der Waals surface area contributed by atoms with Crippen LogP contribution in [0.5, 0.6) is 0 Å². The van der Waals surface area contributed by atoms with Crippen LogP contribution in [0.25, 0.3) is 5.69 Å². The summed E-state index contributed by atoms with van der Waals surface area (Å²) in [6.45, 7) is 0. The van der Waals surface area contributed by atoms with Crippen molar-refractivity contribution in [3.8, 4) is 5.69 Å². The minimum absolute atomic E-state index is 0.0213. The average molecular weight is 348 g/mol. The first kappa shape index (κ1) is 16.3. The van der Waals surface area contributed by atoms with Gasteiger partial charge in [0.1, 0.15) is 0 Å². The Hall–Kier alpha value is -3.15. The summed E-state index contributed by atoms with van der Waals surface area (Å²) >= 11 is 0. The lowest BCUT2D eigenvalue weighted by molar-refractivity contribution is 0.0933. The van der Waals surface area contributed by atoms with Gasteiger partial charge in [-0.15, -0.1) is 0 Å². The molecule has 1 aromatic carbocycles. The number of rotatable bonds is 3. The van der Waals surface area contributed by atoms with E-state index in [1.807, 2.05) is 53.4 Å². The van der Waals surface area contributed by atoms with Crippen molar-refractivity contribution < 1.29 is 4.79 Å². The molecule has 6 nitrogen and oxygen atoms in total. The van der Waals surface area contributed by atoms with Gasteiger partial charge in [0.25, 0.3) is 11.5 Å². The zero-order valence-electron chi connectivity index (χ0n) is 14.6. The number of nitrogens with zero attached hydrogens (tertiary/aromatic N) is 3. The number of carbonyl (C=O) groups is 1. The first-order valence-corrected chi connectivity index (χ1v) is 8.70. The van der Waals surface area contributed by atoms with Gasteiger partial charge in [-0.25, -0.2) is 4.68 Å². The number of amides is 1. The molecular weight excluding hydrogens is 328 g/mol. The first-order chi connectivity index (χ1) is 12.6. The molecule has 26 heavy (non-hydrogen) atoms. The minimum atomic E-state index is -0.115. The van der Waals surface area contributed by atoms with E-state index in [1.54, 1.807) is 13.1 Å². The van der Waals surface area contributed by atoms with E-state index in [0.29, 0.717) is 12.0 Å². The fraction of sp³-hybridized carbons (Fsp3) is 0.250. The molecule has 1 amide bonds. The number of nitrogens with one attached hydrogen (secondary N) is 1. The van der Waals surface area contributed by atoms with Crippen LogP contribution in [0.4, 0.5) is 0 Å². The van der Waals surface area contributed by atoms with E-state index in [2.05, 4.69) is 10.4 Å². The van der Waals surface area contributed by atoms with Crippen molar-refractivity contribution in [1.82, 2.24) is 19.7 Å². The van der Waals surface area contributed by atoms with E-state index < -0.39 is 0 Å². The van der Waals surface area contributed by atoms with Crippen LogP contribution in [0.15, 0.2) is 59.7 Å². The van der Waals surface area contributed by atoms with E-state index >= 15 is 0 Å². The summed E-state index contributed by atoms with van der Waals surface area (Å²) < 4.78 is 3.36. The molecular formula is C20H20N4O2. The van der Waals surface area contributed by atoms with E-state index in [9.17, 15) is 9.59 Å². The van der Waals surface area contributed by atoms with Crippen LogP contribution < -0.4 is 10.9 Å². The summed E-state index contributed by atoms with van der Waals surface area (Å²) in [5.74, 6) is -0.0886. The molecule has 0 radical (unpaired) electrons. The van der Waals surface area contributed by atoms with Crippen molar-refractivity contribution >= 4 is 5.91 Å². The smallest absolute Gasteiger partial charge is 0.266 e. The van der Waals surface area contributed by atoms with Crippen LogP contribution in [-0.2, 0) is 19.9 Å². The maximum Gasteiger partial charge on any atom is 0.266 e. The highest BCUT2D eigenvalue weighted by atomic mass is 16.1. The summed E-state index contributed by atoms with van der Waals surface area (Å²) in [5.41, 5.74) is 3.42. The molecule has 3 aromatic rings. The number of fused-ring (bicyclic) bond motifs is 1. The Balaban J connectivity index is 1.45. The first-order valence-electron chi connectivity index (χ1n) is 8.70. The predicted octanol–water partition coefficient (Wildman–Crippen LogP) is 1.86. The van der Waals surface area contributed by atoms with Crippen molar-refractivity contribution in [1.29, 1.82) is 0 Å². The zero-order chi connectivity index (χ0) is 18.1. The van der Waals surface area contributed by atoms with E-state index in [-0.39, 0.29) is 17.5 Å². The number of hydrogen-bond donors (Lipinski definition) is 1. The highest BCUT2D eigenvalue weighted by Crippen LogP contribution is 2.18. The summed E-state index contributed by atoms with van der Waals surface area (Å²) in [7, 11) is 1.66. The standard InChI is InChI=1S/C20H20N4O2/c1-23-19(25)13-15-12-16(6-9-18(15)22-23)21-20(26)14-4-7-17(8-5-14)24-10-2-3-11-24/h2-5,7-8,10-11,13,16H,6,9,12H2,1H3,(H,21,26). The van der Waals surface area contributed by atoms with Crippen molar-refractivity contribution in [2.45, 2.75) is 25.3 Å². The maximum absolute atomic E-state index is 12.5. The average Bonchev–Trinajstić information content (AvgIpc) is 3.18. The molecule has 1 atom stereocenters. The molecule has 0 aliphatic heterocycles. The van der Waals surface area contributed by atoms with Gasteiger partial charge in [0.15, 0.2) is 0 Å². The third-order valence-electron chi connectivity index (χ3n) is 4.82. The van der Waals surface area contributed by atoms with Gasteiger partial charge in [0, 0.05) is 42.8 Å². The molecule has 4 rings (SSSR count). The molecule has 132 valence electrons. The number of carbonyl (C=O) groups excluding carboxylic acids is 1. The Kier molecular flexibility index (Phi) is 4.16. The van der Waals surface area contributed by atoms with Gasteiger partial charge >= 0.3 is 0 Å². The lowest BCUT2D eigenvalue weighted by Crippen LogP contribution is -2.40. The van der Waals surface area contributed by atoms with Crippen LogP contribution in [0.2, 0.25) is 0 Å². The molecule has 0 saturated heterocycles. The normalized spacial score (nSPS) is 16.1. The third-order valence-corrected chi connectivity index (χ3v) is 4.82. The van der Waals surface area contributed by atoms with Crippen molar-refractivity contribution in [3.63, 3.8) is 0 Å². The molecule has 1 aliphatic carbocycles. The summed E-state index contributed by atoms with van der Waals surface area (Å²) in [6.07, 6.45) is 6.16. The highest BCUT2D eigenvalue weighted by Gasteiger charge is 2.22. The third kappa shape index (κ3) is 3.18. The molecule has 6 heteroatoms. The Labute approximate surface area is 151 Å². The van der Waals surface area contributed by atoms with Gasteiger partial charge in [-0.05, 0) is 61.2 Å². The maximum atomic E-state index is 12.5. The molecule has 2 aromatic heterocycles. The number of hydrogen-bond acceptors (Lipinski definition) is 3. The summed E-state index contributed by atoms with van der Waals surface area (Å²) in [4.78, 5) is 24.3. The lowest BCUT2D eigenvalue weighted by Gasteiger charge is -2.25. The number of aryl methyl sites for hydroxylation is 2. The van der Waals surface area contributed by atoms with Crippen LogP contribution in [0.1, 0.15) is 28.0 Å². The van der Waals surface area contributed by atoms with Crippen molar-refractivity contribution in [2.24, 2.45) is 7.05 Å². The second-order valence-corrected chi connectivity index (χ2v) is 6.63. The second kappa shape index (κ2) is 6.63. The SMILES string of the molecule is Cn1nc2c(cc1=O)CC(NC(=O)c1ccc(-n3cccc3)cc1)CC2.